The molecule has 0 aliphatic carbocycles. The Bertz CT molecular complexity index is 1210. The third-order valence-electron chi connectivity index (χ3n) is 4.83. The number of hydrogen-bond acceptors (Lipinski definition) is 5. The summed E-state index contributed by atoms with van der Waals surface area (Å²) >= 11 is 0. The SMILES string of the molecule is CCCN(CC(=O)Nc1ccccc1C)C(=O)c1oc2ccccc2c1CS(C)(=O)=O. The van der Waals surface area contributed by atoms with E-state index >= 15 is 0 Å². The molecular formula is C23H26N2O5S. The monoisotopic (exact) mass is 442 g/mol. The summed E-state index contributed by atoms with van der Waals surface area (Å²) in [5.41, 5.74) is 2.35. The molecule has 0 atom stereocenters. The van der Waals surface area contributed by atoms with Gasteiger partial charge >= 0.3 is 0 Å². The fraction of sp³-hybridized carbons (Fsp3) is 0.304. The molecule has 7 nitrogen and oxygen atoms in total. The van der Waals surface area contributed by atoms with Crippen LogP contribution < -0.4 is 5.32 Å². The summed E-state index contributed by atoms with van der Waals surface area (Å²) in [6, 6.07) is 14.3. The number of para-hydroxylation sites is 2. The van der Waals surface area contributed by atoms with Crippen LogP contribution in [-0.4, -0.2) is 44.5 Å². The van der Waals surface area contributed by atoms with E-state index in [-0.39, 0.29) is 24.0 Å². The Kier molecular flexibility index (Phi) is 6.80. The number of furan rings is 1. The van der Waals surface area contributed by atoms with E-state index in [0.29, 0.717) is 35.2 Å². The zero-order valence-electron chi connectivity index (χ0n) is 17.8. The van der Waals surface area contributed by atoms with E-state index in [0.717, 1.165) is 11.8 Å². The first kappa shape index (κ1) is 22.6. The second-order valence-electron chi connectivity index (χ2n) is 7.57. The van der Waals surface area contributed by atoms with Gasteiger partial charge in [-0.05, 0) is 31.0 Å². The molecule has 0 radical (unpaired) electrons. The summed E-state index contributed by atoms with van der Waals surface area (Å²) in [7, 11) is -3.41. The summed E-state index contributed by atoms with van der Waals surface area (Å²) in [5, 5.41) is 3.41. The lowest BCUT2D eigenvalue weighted by Crippen LogP contribution is -2.38. The van der Waals surface area contributed by atoms with Gasteiger partial charge in [-0.1, -0.05) is 43.3 Å². The Morgan fingerprint density at radius 1 is 1.06 bits per heavy atom. The van der Waals surface area contributed by atoms with Gasteiger partial charge in [0.2, 0.25) is 5.91 Å². The van der Waals surface area contributed by atoms with Gasteiger partial charge in [0.1, 0.15) is 12.1 Å². The van der Waals surface area contributed by atoms with Crippen molar-refractivity contribution in [3.05, 3.63) is 65.4 Å². The van der Waals surface area contributed by atoms with Crippen LogP contribution in [0.25, 0.3) is 11.0 Å². The van der Waals surface area contributed by atoms with E-state index in [1.165, 1.54) is 4.90 Å². The van der Waals surface area contributed by atoms with E-state index in [9.17, 15) is 18.0 Å². The van der Waals surface area contributed by atoms with Gasteiger partial charge in [-0.3, -0.25) is 9.59 Å². The predicted molar refractivity (Wildman–Crippen MR) is 121 cm³/mol. The number of aryl methyl sites for hydroxylation is 1. The average molecular weight is 443 g/mol. The summed E-state index contributed by atoms with van der Waals surface area (Å²) in [4.78, 5) is 27.3. The van der Waals surface area contributed by atoms with Crippen molar-refractivity contribution in [1.29, 1.82) is 0 Å². The molecule has 0 saturated carbocycles. The molecule has 0 aliphatic rings. The number of carbonyl (C=O) groups is 2. The van der Waals surface area contributed by atoms with Gasteiger partial charge in [0, 0.05) is 29.4 Å². The molecule has 2 amide bonds. The molecule has 3 aromatic rings. The summed E-state index contributed by atoms with van der Waals surface area (Å²) in [6.45, 7) is 3.94. The fourth-order valence-corrected chi connectivity index (χ4v) is 4.23. The van der Waals surface area contributed by atoms with Crippen LogP contribution in [0.3, 0.4) is 0 Å². The molecule has 0 saturated heterocycles. The number of hydrogen-bond donors (Lipinski definition) is 1. The van der Waals surface area contributed by atoms with Crippen LogP contribution >= 0.6 is 0 Å². The van der Waals surface area contributed by atoms with Crippen LogP contribution in [0.1, 0.15) is 35.0 Å². The zero-order chi connectivity index (χ0) is 22.6. The van der Waals surface area contributed by atoms with Crippen LogP contribution in [0.2, 0.25) is 0 Å². The van der Waals surface area contributed by atoms with Gasteiger partial charge in [-0.2, -0.15) is 0 Å². The quantitative estimate of drug-likeness (QED) is 0.573. The minimum atomic E-state index is -3.41. The molecule has 8 heteroatoms. The molecule has 164 valence electrons. The maximum absolute atomic E-state index is 13.3. The molecule has 0 aliphatic heterocycles. The second kappa shape index (κ2) is 9.34. The number of fused-ring (bicyclic) bond motifs is 1. The lowest BCUT2D eigenvalue weighted by atomic mass is 10.1. The Hall–Kier alpha value is -3.13. The second-order valence-corrected chi connectivity index (χ2v) is 9.71. The zero-order valence-corrected chi connectivity index (χ0v) is 18.7. The largest absolute Gasteiger partial charge is 0.451 e. The third kappa shape index (κ3) is 5.52. The summed E-state index contributed by atoms with van der Waals surface area (Å²) < 4.78 is 29.8. The van der Waals surface area contributed by atoms with E-state index in [4.69, 9.17) is 4.42 Å². The van der Waals surface area contributed by atoms with Crippen molar-refractivity contribution in [3.63, 3.8) is 0 Å². The first-order valence-electron chi connectivity index (χ1n) is 10.0. The fourth-order valence-electron chi connectivity index (χ4n) is 3.42. The average Bonchev–Trinajstić information content (AvgIpc) is 3.06. The van der Waals surface area contributed by atoms with Gasteiger partial charge in [0.15, 0.2) is 15.6 Å². The smallest absolute Gasteiger partial charge is 0.290 e. The van der Waals surface area contributed by atoms with Crippen molar-refractivity contribution in [3.8, 4) is 0 Å². The van der Waals surface area contributed by atoms with Gasteiger partial charge in [-0.25, -0.2) is 8.42 Å². The van der Waals surface area contributed by atoms with Crippen LogP contribution in [0.4, 0.5) is 5.69 Å². The Labute approximate surface area is 182 Å². The van der Waals surface area contributed by atoms with E-state index in [2.05, 4.69) is 5.32 Å². The maximum atomic E-state index is 13.3. The van der Waals surface area contributed by atoms with Crippen molar-refractivity contribution in [2.75, 3.05) is 24.7 Å². The molecule has 1 heterocycles. The number of rotatable bonds is 8. The highest BCUT2D eigenvalue weighted by atomic mass is 32.2. The van der Waals surface area contributed by atoms with Gasteiger partial charge in [0.25, 0.3) is 5.91 Å². The normalized spacial score (nSPS) is 11.5. The number of carbonyl (C=O) groups excluding carboxylic acids is 2. The molecule has 3 rings (SSSR count). The molecule has 2 aromatic carbocycles. The Balaban J connectivity index is 1.91. The maximum Gasteiger partial charge on any atom is 0.290 e. The van der Waals surface area contributed by atoms with Crippen LogP contribution in [0, 0.1) is 6.92 Å². The first-order valence-corrected chi connectivity index (χ1v) is 12.1. The van der Waals surface area contributed by atoms with Gasteiger partial charge in [0.05, 0.1) is 5.75 Å². The topological polar surface area (TPSA) is 96.7 Å². The number of anilines is 1. The molecule has 0 bridgehead atoms. The summed E-state index contributed by atoms with van der Waals surface area (Å²) in [6.07, 6.45) is 1.74. The van der Waals surface area contributed by atoms with Crippen LogP contribution in [0.5, 0.6) is 0 Å². The molecule has 0 fully saturated rings. The van der Waals surface area contributed by atoms with Crippen molar-refractivity contribution in [2.24, 2.45) is 0 Å². The van der Waals surface area contributed by atoms with Crippen molar-refractivity contribution >= 4 is 38.3 Å². The Morgan fingerprint density at radius 3 is 2.42 bits per heavy atom. The highest BCUT2D eigenvalue weighted by molar-refractivity contribution is 7.89. The lowest BCUT2D eigenvalue weighted by Gasteiger charge is -2.21. The molecule has 31 heavy (non-hydrogen) atoms. The Morgan fingerprint density at radius 2 is 1.74 bits per heavy atom. The van der Waals surface area contributed by atoms with Crippen molar-refractivity contribution < 1.29 is 22.4 Å². The first-order chi connectivity index (χ1) is 14.7. The van der Waals surface area contributed by atoms with Crippen LogP contribution in [-0.2, 0) is 20.4 Å². The number of amides is 2. The van der Waals surface area contributed by atoms with Crippen LogP contribution in [0.15, 0.2) is 52.9 Å². The summed E-state index contributed by atoms with van der Waals surface area (Å²) in [5.74, 6) is -1.20. The van der Waals surface area contributed by atoms with E-state index < -0.39 is 15.7 Å². The standard InChI is InChI=1S/C23H26N2O5S/c1-4-13-25(14-21(26)24-19-11-7-5-9-16(19)2)23(27)22-18(15-31(3,28)29)17-10-6-8-12-20(17)30-22/h5-12H,4,13-15H2,1-3H3,(H,24,26). The molecular weight excluding hydrogens is 416 g/mol. The lowest BCUT2D eigenvalue weighted by molar-refractivity contribution is -0.116. The number of benzene rings is 2. The van der Waals surface area contributed by atoms with E-state index in [1.807, 2.05) is 32.0 Å². The highest BCUT2D eigenvalue weighted by Crippen LogP contribution is 2.28. The minimum absolute atomic E-state index is 0.0382. The van der Waals surface area contributed by atoms with Gasteiger partial charge < -0.3 is 14.6 Å². The highest BCUT2D eigenvalue weighted by Gasteiger charge is 2.28. The molecule has 1 aromatic heterocycles. The third-order valence-corrected chi connectivity index (χ3v) is 5.65. The predicted octanol–water partition coefficient (Wildman–Crippen LogP) is 3.78. The van der Waals surface area contributed by atoms with Crippen molar-refractivity contribution in [1.82, 2.24) is 4.90 Å². The molecule has 0 unspecified atom stereocenters. The minimum Gasteiger partial charge on any atom is -0.451 e. The number of nitrogens with zero attached hydrogens (tertiary/aromatic N) is 1. The van der Waals surface area contributed by atoms with Gasteiger partial charge in [-0.15, -0.1) is 0 Å². The number of sulfone groups is 1. The van der Waals surface area contributed by atoms with E-state index in [1.54, 1.807) is 30.3 Å². The number of nitrogens with one attached hydrogen (secondary N) is 1. The molecule has 0 spiro atoms. The van der Waals surface area contributed by atoms with Crippen molar-refractivity contribution in [2.45, 2.75) is 26.0 Å². The molecule has 1 N–H and O–H groups in total.